The van der Waals surface area contributed by atoms with E-state index < -0.39 is 40.7 Å². The Morgan fingerprint density at radius 3 is 2.59 bits per heavy atom. The molecule has 27 heavy (non-hydrogen) atoms. The molecule has 2 N–H and O–H groups in total. The summed E-state index contributed by atoms with van der Waals surface area (Å²) < 4.78 is 40.2. The Bertz CT molecular complexity index is 952. The zero-order chi connectivity index (χ0) is 19.6. The summed E-state index contributed by atoms with van der Waals surface area (Å²) in [6.07, 6.45) is 0.0625. The molecule has 2 aromatic carbocycles. The van der Waals surface area contributed by atoms with Gasteiger partial charge in [0.15, 0.2) is 0 Å². The topological polar surface area (TPSA) is 82.0 Å². The third kappa shape index (κ3) is 4.06. The molecule has 1 aliphatic heterocycles. The quantitative estimate of drug-likeness (QED) is 0.837. The first kappa shape index (κ1) is 18.8. The van der Waals surface area contributed by atoms with Crippen LogP contribution in [0.5, 0.6) is 0 Å². The molecule has 0 aromatic heterocycles. The maximum absolute atomic E-state index is 13.6. The molecule has 0 saturated carbocycles. The predicted molar refractivity (Wildman–Crippen MR) is 92.4 cm³/mol. The molecule has 1 aliphatic rings. The van der Waals surface area contributed by atoms with Crippen LogP contribution in [0.3, 0.4) is 0 Å². The van der Waals surface area contributed by atoms with Gasteiger partial charge >= 0.3 is 0 Å². The Kier molecular flexibility index (Phi) is 5.37. The first-order valence-corrected chi connectivity index (χ1v) is 8.67. The lowest BCUT2D eigenvalue weighted by Crippen LogP contribution is -2.29. The molecule has 0 fully saturated rings. The zero-order valence-corrected chi connectivity index (χ0v) is 14.5. The number of carbonyl (C=O) groups is 2. The van der Waals surface area contributed by atoms with E-state index in [9.17, 15) is 22.8 Å². The van der Waals surface area contributed by atoms with Crippen molar-refractivity contribution in [2.24, 2.45) is 0 Å². The molecule has 0 aliphatic carbocycles. The van der Waals surface area contributed by atoms with Gasteiger partial charge in [-0.15, -0.1) is 11.8 Å². The second-order valence-corrected chi connectivity index (χ2v) is 6.94. The molecule has 1 unspecified atom stereocenters. The van der Waals surface area contributed by atoms with E-state index in [1.165, 1.54) is 23.9 Å². The van der Waals surface area contributed by atoms with Crippen molar-refractivity contribution in [3.63, 3.8) is 0 Å². The summed E-state index contributed by atoms with van der Waals surface area (Å²) in [6, 6.07) is 7.58. The van der Waals surface area contributed by atoms with Crippen LogP contribution in [-0.2, 0) is 11.3 Å². The molecule has 1 atom stereocenters. The summed E-state index contributed by atoms with van der Waals surface area (Å²) >= 11 is 1.22. The number of nitrogens with zero attached hydrogens (tertiary/aromatic N) is 1. The Hall–Kier alpha value is -2.99. The molecule has 3 rings (SSSR count). The molecule has 0 radical (unpaired) electrons. The van der Waals surface area contributed by atoms with Crippen LogP contribution in [0.4, 0.5) is 18.9 Å². The van der Waals surface area contributed by atoms with Crippen LogP contribution in [-0.4, -0.2) is 17.1 Å². The van der Waals surface area contributed by atoms with Crippen LogP contribution in [0.25, 0.3) is 0 Å². The summed E-state index contributed by atoms with van der Waals surface area (Å²) in [5, 5.41) is 13.2. The van der Waals surface area contributed by atoms with Gasteiger partial charge in [-0.3, -0.25) is 9.59 Å². The smallest absolute Gasteiger partial charge is 0.251 e. The van der Waals surface area contributed by atoms with Gasteiger partial charge in [-0.05, 0) is 18.2 Å². The van der Waals surface area contributed by atoms with E-state index in [1.54, 1.807) is 6.07 Å². The Morgan fingerprint density at radius 1 is 1.22 bits per heavy atom. The molecule has 0 bridgehead atoms. The number of nitrogens with one attached hydrogen (secondary N) is 2. The SMILES string of the molecule is N#CCC1Sc2ccc(C(=O)NCc3c(F)cc(F)cc3F)cc2NC1=O. The van der Waals surface area contributed by atoms with E-state index in [1.807, 2.05) is 6.07 Å². The summed E-state index contributed by atoms with van der Waals surface area (Å²) in [6.45, 7) is -0.459. The minimum absolute atomic E-state index is 0.0625. The third-order valence-corrected chi connectivity index (χ3v) is 5.14. The molecule has 138 valence electrons. The lowest BCUT2D eigenvalue weighted by Gasteiger charge is -2.22. The largest absolute Gasteiger partial charge is 0.348 e. The highest BCUT2D eigenvalue weighted by atomic mass is 32.2. The second-order valence-electron chi connectivity index (χ2n) is 5.70. The van der Waals surface area contributed by atoms with Crippen molar-refractivity contribution in [3.8, 4) is 6.07 Å². The van der Waals surface area contributed by atoms with E-state index >= 15 is 0 Å². The Balaban J connectivity index is 1.73. The number of hydrogen-bond acceptors (Lipinski definition) is 4. The first-order valence-electron chi connectivity index (χ1n) is 7.79. The number of halogens is 3. The van der Waals surface area contributed by atoms with Crippen molar-refractivity contribution in [3.05, 3.63) is 58.9 Å². The van der Waals surface area contributed by atoms with Gasteiger partial charge in [0, 0.05) is 34.7 Å². The maximum atomic E-state index is 13.6. The minimum atomic E-state index is -1.09. The lowest BCUT2D eigenvalue weighted by molar-refractivity contribution is -0.115. The molecule has 0 saturated heterocycles. The molecular formula is C18H12F3N3O2S. The van der Waals surface area contributed by atoms with E-state index in [0.29, 0.717) is 22.7 Å². The number of nitriles is 1. The monoisotopic (exact) mass is 391 g/mol. The van der Waals surface area contributed by atoms with Crippen LogP contribution < -0.4 is 10.6 Å². The van der Waals surface area contributed by atoms with Crippen LogP contribution in [0.2, 0.25) is 0 Å². The maximum Gasteiger partial charge on any atom is 0.251 e. The van der Waals surface area contributed by atoms with Crippen LogP contribution >= 0.6 is 11.8 Å². The fourth-order valence-electron chi connectivity index (χ4n) is 2.52. The summed E-state index contributed by atoms with van der Waals surface area (Å²) in [7, 11) is 0. The summed E-state index contributed by atoms with van der Waals surface area (Å²) in [4.78, 5) is 24.9. The Labute approximate surface area is 156 Å². The molecule has 2 aromatic rings. The Morgan fingerprint density at radius 2 is 1.93 bits per heavy atom. The van der Waals surface area contributed by atoms with Gasteiger partial charge < -0.3 is 10.6 Å². The second kappa shape index (κ2) is 7.72. The van der Waals surface area contributed by atoms with Gasteiger partial charge in [-0.25, -0.2) is 13.2 Å². The lowest BCUT2D eigenvalue weighted by atomic mass is 10.1. The van der Waals surface area contributed by atoms with Gasteiger partial charge in [-0.2, -0.15) is 5.26 Å². The minimum Gasteiger partial charge on any atom is -0.348 e. The third-order valence-electron chi connectivity index (χ3n) is 3.87. The van der Waals surface area contributed by atoms with Gasteiger partial charge in [0.2, 0.25) is 5.91 Å². The van der Waals surface area contributed by atoms with Crippen molar-refractivity contribution < 1.29 is 22.8 Å². The van der Waals surface area contributed by atoms with E-state index in [2.05, 4.69) is 10.6 Å². The zero-order valence-electron chi connectivity index (χ0n) is 13.7. The fourth-order valence-corrected chi connectivity index (χ4v) is 3.53. The van der Waals surface area contributed by atoms with Crippen LogP contribution in [0.15, 0.2) is 35.2 Å². The van der Waals surface area contributed by atoms with E-state index in [0.717, 1.165) is 0 Å². The van der Waals surface area contributed by atoms with Gasteiger partial charge in [-0.1, -0.05) is 0 Å². The van der Waals surface area contributed by atoms with Gasteiger partial charge in [0.05, 0.1) is 18.2 Å². The standard InChI is InChI=1S/C18H12F3N3O2S/c19-10-6-12(20)11(13(21)7-10)8-23-17(25)9-1-2-15-14(5-9)24-18(26)16(27-15)3-4-22/h1-2,5-7,16H,3,8H2,(H,23,25)(H,24,26). The number of hydrogen-bond donors (Lipinski definition) is 2. The number of thioether (sulfide) groups is 1. The van der Waals surface area contributed by atoms with E-state index in [4.69, 9.17) is 5.26 Å². The highest BCUT2D eigenvalue weighted by molar-refractivity contribution is 8.01. The first-order chi connectivity index (χ1) is 12.9. The molecule has 2 amide bonds. The summed E-state index contributed by atoms with van der Waals surface area (Å²) in [5.41, 5.74) is 0.146. The van der Waals surface area contributed by atoms with Gasteiger partial charge in [0.1, 0.15) is 22.7 Å². The predicted octanol–water partition coefficient (Wildman–Crippen LogP) is 3.36. The normalized spacial score (nSPS) is 15.5. The average Bonchev–Trinajstić information content (AvgIpc) is 2.61. The highest BCUT2D eigenvalue weighted by Crippen LogP contribution is 2.37. The number of rotatable bonds is 4. The van der Waals surface area contributed by atoms with Crippen molar-refractivity contribution in [1.29, 1.82) is 5.26 Å². The molecule has 0 spiro atoms. The van der Waals surface area contributed by atoms with Crippen molar-refractivity contribution in [2.75, 3.05) is 5.32 Å². The number of fused-ring (bicyclic) bond motifs is 1. The highest BCUT2D eigenvalue weighted by Gasteiger charge is 2.27. The van der Waals surface area contributed by atoms with Crippen LogP contribution in [0.1, 0.15) is 22.3 Å². The number of amides is 2. The molecule has 9 heteroatoms. The molecule has 5 nitrogen and oxygen atoms in total. The fraction of sp³-hybridized carbons (Fsp3) is 0.167. The number of benzene rings is 2. The summed E-state index contributed by atoms with van der Waals surface area (Å²) in [5.74, 6) is -4.17. The number of anilines is 1. The average molecular weight is 391 g/mol. The number of carbonyl (C=O) groups excluding carboxylic acids is 2. The van der Waals surface area contributed by atoms with E-state index in [-0.39, 0.29) is 17.9 Å². The molecule has 1 heterocycles. The van der Waals surface area contributed by atoms with Crippen molar-refractivity contribution in [1.82, 2.24) is 5.32 Å². The van der Waals surface area contributed by atoms with Crippen molar-refractivity contribution >= 4 is 29.3 Å². The van der Waals surface area contributed by atoms with Gasteiger partial charge in [0.25, 0.3) is 5.91 Å². The van der Waals surface area contributed by atoms with Crippen molar-refractivity contribution in [2.45, 2.75) is 23.1 Å². The molecular weight excluding hydrogens is 379 g/mol. The van der Waals surface area contributed by atoms with Crippen LogP contribution in [0, 0.1) is 28.8 Å².